The van der Waals surface area contributed by atoms with Crippen molar-refractivity contribution in [2.45, 2.75) is 45.7 Å². The van der Waals surface area contributed by atoms with E-state index in [9.17, 15) is 0 Å². The second-order valence-corrected chi connectivity index (χ2v) is 5.21. The third-order valence-electron chi connectivity index (χ3n) is 3.66. The molecular formula is C14H23N3. The summed E-state index contributed by atoms with van der Waals surface area (Å²) in [5.74, 6) is 0. The van der Waals surface area contributed by atoms with Crippen LogP contribution in [-0.2, 0) is 13.1 Å². The molecular weight excluding hydrogens is 210 g/mol. The third-order valence-corrected chi connectivity index (χ3v) is 3.66. The largest absolute Gasteiger partial charge is 0.325 e. The molecule has 0 bridgehead atoms. The second kappa shape index (κ2) is 5.61. The van der Waals surface area contributed by atoms with E-state index in [1.54, 1.807) is 0 Å². The minimum absolute atomic E-state index is 0.521. The van der Waals surface area contributed by atoms with E-state index in [1.165, 1.54) is 31.2 Å². The number of aromatic nitrogens is 1. The van der Waals surface area contributed by atoms with E-state index in [0.717, 1.165) is 18.8 Å². The van der Waals surface area contributed by atoms with Gasteiger partial charge in [0, 0.05) is 25.8 Å². The van der Waals surface area contributed by atoms with Crippen molar-refractivity contribution in [1.29, 1.82) is 0 Å². The summed E-state index contributed by atoms with van der Waals surface area (Å²) >= 11 is 0. The molecule has 0 radical (unpaired) electrons. The molecule has 1 aliphatic carbocycles. The van der Waals surface area contributed by atoms with Gasteiger partial charge in [-0.3, -0.25) is 4.98 Å². The normalized spacial score (nSPS) is 17.1. The van der Waals surface area contributed by atoms with Gasteiger partial charge in [-0.15, -0.1) is 0 Å². The Bertz CT molecular complexity index is 358. The molecule has 0 aliphatic heterocycles. The summed E-state index contributed by atoms with van der Waals surface area (Å²) in [5.41, 5.74) is 8.46. The average Bonchev–Trinajstić information content (AvgIpc) is 3.10. The maximum absolute atomic E-state index is 5.58. The quantitative estimate of drug-likeness (QED) is 0.759. The maximum Gasteiger partial charge on any atom is 0.0542 e. The van der Waals surface area contributed by atoms with Gasteiger partial charge in [-0.1, -0.05) is 13.3 Å². The van der Waals surface area contributed by atoms with Crippen LogP contribution in [0.3, 0.4) is 0 Å². The van der Waals surface area contributed by atoms with Crippen LogP contribution in [0.4, 0.5) is 0 Å². The van der Waals surface area contributed by atoms with Crippen molar-refractivity contribution in [3.63, 3.8) is 0 Å². The highest BCUT2D eigenvalue weighted by Gasteiger charge is 2.40. The summed E-state index contributed by atoms with van der Waals surface area (Å²) in [6.45, 7) is 4.88. The van der Waals surface area contributed by atoms with Gasteiger partial charge < -0.3 is 11.1 Å². The molecule has 1 saturated carbocycles. The molecule has 1 fully saturated rings. The number of pyridine rings is 1. The molecule has 0 aromatic carbocycles. The zero-order valence-corrected chi connectivity index (χ0v) is 10.7. The van der Waals surface area contributed by atoms with Gasteiger partial charge in [-0.2, -0.15) is 0 Å². The molecule has 94 valence electrons. The van der Waals surface area contributed by atoms with E-state index in [4.69, 9.17) is 5.73 Å². The van der Waals surface area contributed by atoms with Crippen molar-refractivity contribution < 1.29 is 0 Å². The molecule has 1 aromatic heterocycles. The fourth-order valence-electron chi connectivity index (χ4n) is 2.44. The number of nitrogens with one attached hydrogen (secondary N) is 1. The third kappa shape index (κ3) is 3.51. The molecule has 0 saturated heterocycles. The fraction of sp³-hybridized carbons (Fsp3) is 0.643. The van der Waals surface area contributed by atoms with Gasteiger partial charge in [-0.05, 0) is 42.4 Å². The van der Waals surface area contributed by atoms with Crippen LogP contribution in [0, 0.1) is 5.41 Å². The first-order chi connectivity index (χ1) is 8.28. The predicted molar refractivity (Wildman–Crippen MR) is 70.4 cm³/mol. The lowest BCUT2D eigenvalue weighted by Gasteiger charge is -2.15. The molecule has 0 atom stereocenters. The summed E-state index contributed by atoms with van der Waals surface area (Å²) in [6, 6.07) is 4.15. The molecule has 1 aromatic rings. The Morgan fingerprint density at radius 1 is 1.47 bits per heavy atom. The van der Waals surface area contributed by atoms with Gasteiger partial charge in [0.1, 0.15) is 0 Å². The Kier molecular flexibility index (Phi) is 4.13. The number of hydrogen-bond acceptors (Lipinski definition) is 3. The lowest BCUT2D eigenvalue weighted by molar-refractivity contribution is 0.421. The minimum Gasteiger partial charge on any atom is -0.325 e. The van der Waals surface area contributed by atoms with Crippen molar-refractivity contribution in [1.82, 2.24) is 10.3 Å². The van der Waals surface area contributed by atoms with Gasteiger partial charge in [0.05, 0.1) is 5.69 Å². The van der Waals surface area contributed by atoms with Crippen molar-refractivity contribution in [3.05, 3.63) is 29.6 Å². The molecule has 0 amide bonds. The Hall–Kier alpha value is -0.930. The fourth-order valence-corrected chi connectivity index (χ4v) is 2.44. The molecule has 17 heavy (non-hydrogen) atoms. The Labute approximate surface area is 104 Å². The summed E-state index contributed by atoms with van der Waals surface area (Å²) in [4.78, 5) is 4.20. The Morgan fingerprint density at radius 3 is 2.94 bits per heavy atom. The van der Waals surface area contributed by atoms with Crippen molar-refractivity contribution >= 4 is 0 Å². The zero-order chi connectivity index (χ0) is 12.1. The van der Waals surface area contributed by atoms with Crippen molar-refractivity contribution in [2.75, 3.05) is 6.54 Å². The first-order valence-electron chi connectivity index (χ1n) is 6.62. The first kappa shape index (κ1) is 12.5. The second-order valence-electron chi connectivity index (χ2n) is 5.21. The maximum atomic E-state index is 5.58. The number of nitrogens with two attached hydrogens (primary N) is 1. The average molecular weight is 233 g/mol. The first-order valence-corrected chi connectivity index (χ1v) is 6.62. The van der Waals surface area contributed by atoms with Crippen molar-refractivity contribution in [2.24, 2.45) is 11.1 Å². The minimum atomic E-state index is 0.521. The van der Waals surface area contributed by atoms with E-state index in [-0.39, 0.29) is 0 Å². The van der Waals surface area contributed by atoms with Crippen molar-refractivity contribution in [3.8, 4) is 0 Å². The van der Waals surface area contributed by atoms with Crippen LogP contribution in [0.15, 0.2) is 18.3 Å². The van der Waals surface area contributed by atoms with Gasteiger partial charge >= 0.3 is 0 Å². The topological polar surface area (TPSA) is 50.9 Å². The number of nitrogens with zero attached hydrogens (tertiary/aromatic N) is 1. The highest BCUT2D eigenvalue weighted by Crippen LogP contribution is 2.48. The molecule has 3 heteroatoms. The Balaban J connectivity index is 1.78. The number of rotatable bonds is 7. The summed E-state index contributed by atoms with van der Waals surface area (Å²) < 4.78 is 0. The van der Waals surface area contributed by atoms with Gasteiger partial charge in [-0.25, -0.2) is 0 Å². The molecule has 1 heterocycles. The van der Waals surface area contributed by atoms with E-state index in [0.29, 0.717) is 12.0 Å². The van der Waals surface area contributed by atoms with Crippen LogP contribution in [0.1, 0.15) is 43.9 Å². The Morgan fingerprint density at radius 2 is 2.29 bits per heavy atom. The molecule has 1 aliphatic rings. The van der Waals surface area contributed by atoms with E-state index in [2.05, 4.69) is 29.4 Å². The predicted octanol–water partition coefficient (Wildman–Crippen LogP) is 2.21. The summed E-state index contributed by atoms with van der Waals surface area (Å²) in [5, 5.41) is 3.57. The number of hydrogen-bond donors (Lipinski definition) is 2. The summed E-state index contributed by atoms with van der Waals surface area (Å²) in [7, 11) is 0. The smallest absolute Gasteiger partial charge is 0.0542 e. The molecule has 0 spiro atoms. The van der Waals surface area contributed by atoms with Crippen LogP contribution < -0.4 is 11.1 Å². The zero-order valence-electron chi connectivity index (χ0n) is 10.7. The van der Waals surface area contributed by atoms with Crippen LogP contribution in [0.2, 0.25) is 0 Å². The van der Waals surface area contributed by atoms with Gasteiger partial charge in [0.15, 0.2) is 0 Å². The van der Waals surface area contributed by atoms with Gasteiger partial charge in [0.2, 0.25) is 0 Å². The van der Waals surface area contributed by atoms with Crippen LogP contribution in [-0.4, -0.2) is 11.5 Å². The highest BCUT2D eigenvalue weighted by molar-refractivity contribution is 5.16. The summed E-state index contributed by atoms with van der Waals surface area (Å²) in [6.07, 6.45) is 7.31. The molecule has 0 unspecified atom stereocenters. The SMILES string of the molecule is CCCC1(CNCc2ccnc(CN)c2)CC1. The van der Waals surface area contributed by atoms with E-state index in [1.807, 2.05) is 6.20 Å². The lowest BCUT2D eigenvalue weighted by atomic mass is 10.0. The molecule has 3 N–H and O–H groups in total. The van der Waals surface area contributed by atoms with Crippen LogP contribution in [0.5, 0.6) is 0 Å². The highest BCUT2D eigenvalue weighted by atomic mass is 14.9. The van der Waals surface area contributed by atoms with Crippen LogP contribution >= 0.6 is 0 Å². The molecule has 3 nitrogen and oxygen atoms in total. The lowest BCUT2D eigenvalue weighted by Crippen LogP contribution is -2.23. The van der Waals surface area contributed by atoms with Gasteiger partial charge in [0.25, 0.3) is 0 Å². The monoisotopic (exact) mass is 233 g/mol. The van der Waals surface area contributed by atoms with E-state index < -0.39 is 0 Å². The van der Waals surface area contributed by atoms with E-state index >= 15 is 0 Å². The standard InChI is InChI=1S/C14H23N3/c1-2-4-14(5-6-14)11-16-10-12-3-7-17-13(8-12)9-15/h3,7-8,16H,2,4-6,9-11,15H2,1H3. The molecule has 2 rings (SSSR count). The van der Waals surface area contributed by atoms with Crippen LogP contribution in [0.25, 0.3) is 0 Å².